The summed E-state index contributed by atoms with van der Waals surface area (Å²) < 4.78 is 6.59. The Labute approximate surface area is 294 Å². The minimum absolute atomic E-state index is 0.695. The van der Waals surface area contributed by atoms with Gasteiger partial charge in [0.05, 0.1) is 28.0 Å². The summed E-state index contributed by atoms with van der Waals surface area (Å²) in [4.78, 5) is 15.4. The third-order valence-electron chi connectivity index (χ3n) is 9.69. The van der Waals surface area contributed by atoms with Gasteiger partial charge in [-0.15, -0.1) is 0 Å². The van der Waals surface area contributed by atoms with E-state index in [9.17, 15) is 0 Å². The largest absolute Gasteiger partial charge is 0.455 e. The van der Waals surface area contributed by atoms with E-state index >= 15 is 0 Å². The lowest BCUT2D eigenvalue weighted by Crippen LogP contribution is -1.96. The summed E-state index contributed by atoms with van der Waals surface area (Å²) in [5.74, 6) is 0.695. The van der Waals surface area contributed by atoms with Crippen molar-refractivity contribution in [1.29, 1.82) is 0 Å². The molecule has 0 aliphatic rings. The predicted molar refractivity (Wildman–Crippen MR) is 209 cm³/mol. The quantitative estimate of drug-likeness (QED) is 0.186. The zero-order valence-electron chi connectivity index (χ0n) is 27.5. The summed E-state index contributed by atoms with van der Waals surface area (Å²) in [6.07, 6.45) is 0. The Morgan fingerprint density at radius 2 is 1.00 bits per heavy atom. The van der Waals surface area contributed by atoms with Crippen LogP contribution in [0.2, 0.25) is 0 Å². The minimum atomic E-state index is 0.695. The molecule has 0 spiro atoms. The summed E-state index contributed by atoms with van der Waals surface area (Å²) in [5, 5.41) is 5.49. The zero-order valence-corrected chi connectivity index (χ0v) is 27.5. The minimum Gasteiger partial charge on any atom is -0.455 e. The molecular weight excluding hydrogens is 623 g/mol. The highest BCUT2D eigenvalue weighted by Gasteiger charge is 2.19. The van der Waals surface area contributed by atoms with Crippen LogP contribution in [0, 0.1) is 0 Å². The maximum Gasteiger partial charge on any atom is 0.160 e. The number of pyridine rings is 1. The molecule has 3 aromatic heterocycles. The van der Waals surface area contributed by atoms with E-state index in [1.165, 1.54) is 16.3 Å². The highest BCUT2D eigenvalue weighted by molar-refractivity contribution is 6.19. The van der Waals surface area contributed by atoms with E-state index in [1.807, 2.05) is 48.5 Å². The second-order valence-corrected chi connectivity index (χ2v) is 12.8. The van der Waals surface area contributed by atoms with Crippen molar-refractivity contribution in [1.82, 2.24) is 15.0 Å². The fraction of sp³-hybridized carbons (Fsp3) is 0. The summed E-state index contributed by atoms with van der Waals surface area (Å²) in [5.41, 5.74) is 11.6. The fourth-order valence-electron chi connectivity index (χ4n) is 7.18. The average molecular weight is 652 g/mol. The molecule has 0 bridgehead atoms. The molecule has 51 heavy (non-hydrogen) atoms. The molecule has 0 saturated heterocycles. The van der Waals surface area contributed by atoms with Gasteiger partial charge in [0.1, 0.15) is 11.2 Å². The van der Waals surface area contributed by atoms with Gasteiger partial charge in [0, 0.05) is 33.0 Å². The molecule has 0 N–H and O–H groups in total. The summed E-state index contributed by atoms with van der Waals surface area (Å²) in [6.45, 7) is 0. The maximum absolute atomic E-state index is 6.59. The van der Waals surface area contributed by atoms with E-state index in [0.717, 1.165) is 77.7 Å². The Morgan fingerprint density at radius 1 is 0.392 bits per heavy atom. The first-order valence-corrected chi connectivity index (χ1v) is 17.1. The van der Waals surface area contributed by atoms with Crippen LogP contribution >= 0.6 is 0 Å². The highest BCUT2D eigenvalue weighted by Crippen LogP contribution is 2.41. The Hall–Kier alpha value is -6.91. The van der Waals surface area contributed by atoms with E-state index in [0.29, 0.717) is 5.82 Å². The van der Waals surface area contributed by atoms with Crippen LogP contribution < -0.4 is 0 Å². The van der Waals surface area contributed by atoms with Crippen LogP contribution in [-0.2, 0) is 0 Å². The molecule has 0 aliphatic heterocycles. The van der Waals surface area contributed by atoms with Gasteiger partial charge in [-0.25, -0.2) is 15.0 Å². The Morgan fingerprint density at radius 3 is 1.78 bits per heavy atom. The molecular formula is C47H29N3O. The predicted octanol–water partition coefficient (Wildman–Crippen LogP) is 12.4. The van der Waals surface area contributed by atoms with Crippen molar-refractivity contribution in [2.75, 3.05) is 0 Å². The van der Waals surface area contributed by atoms with E-state index in [1.54, 1.807) is 0 Å². The first kappa shape index (κ1) is 29.0. The number of furan rings is 1. The molecule has 0 unspecified atom stereocenters. The van der Waals surface area contributed by atoms with Crippen LogP contribution in [0.15, 0.2) is 180 Å². The van der Waals surface area contributed by atoms with E-state index in [4.69, 9.17) is 19.4 Å². The molecule has 10 aromatic rings. The third-order valence-corrected chi connectivity index (χ3v) is 9.69. The van der Waals surface area contributed by atoms with Crippen molar-refractivity contribution in [3.05, 3.63) is 176 Å². The van der Waals surface area contributed by atoms with Crippen LogP contribution in [0.5, 0.6) is 0 Å². The number of benzene rings is 7. The molecule has 4 heteroatoms. The topological polar surface area (TPSA) is 51.8 Å². The molecule has 10 rings (SSSR count). The lowest BCUT2D eigenvalue weighted by molar-refractivity contribution is 0.672. The van der Waals surface area contributed by atoms with Crippen molar-refractivity contribution in [2.24, 2.45) is 0 Å². The third kappa shape index (κ3) is 5.04. The molecule has 0 radical (unpaired) electrons. The average Bonchev–Trinajstić information content (AvgIpc) is 3.61. The van der Waals surface area contributed by atoms with Gasteiger partial charge in [0.15, 0.2) is 5.82 Å². The monoisotopic (exact) mass is 651 g/mol. The highest BCUT2D eigenvalue weighted by atomic mass is 16.3. The Kier molecular flexibility index (Phi) is 6.78. The number of fused-ring (bicyclic) bond motifs is 6. The number of hydrogen-bond donors (Lipinski definition) is 0. The molecule has 0 fully saturated rings. The van der Waals surface area contributed by atoms with Gasteiger partial charge in [-0.3, -0.25) is 0 Å². The molecule has 0 aliphatic carbocycles. The van der Waals surface area contributed by atoms with Crippen molar-refractivity contribution < 1.29 is 4.42 Å². The number of hydrogen-bond acceptors (Lipinski definition) is 4. The van der Waals surface area contributed by atoms with Crippen molar-refractivity contribution >= 4 is 43.6 Å². The standard InChI is InChI=1S/C47H29N3O/c1-3-13-31(14-4-1)40-29-41(50-47(49-40)34-15-5-2-6-16-34)32-22-24-33(25-23-32)45-44-39-19-9-10-21-43(39)51-46(44)38-27-26-35(28-42(38)48-45)37-20-11-17-30-12-7-8-18-36(30)37/h1-29H. The lowest BCUT2D eigenvalue weighted by Gasteiger charge is -2.11. The van der Waals surface area contributed by atoms with Gasteiger partial charge in [0.25, 0.3) is 0 Å². The molecule has 0 amide bonds. The van der Waals surface area contributed by atoms with Gasteiger partial charge in [-0.1, -0.05) is 152 Å². The SMILES string of the molecule is c1ccc(-c2cc(-c3ccc(-c4nc5cc(-c6cccc7ccccc67)ccc5c5oc6ccccc6c45)cc3)nc(-c3ccccc3)n2)cc1. The first-order valence-electron chi connectivity index (χ1n) is 17.1. The summed E-state index contributed by atoms with van der Waals surface area (Å²) >= 11 is 0. The first-order chi connectivity index (χ1) is 25.3. The van der Waals surface area contributed by atoms with Gasteiger partial charge in [-0.2, -0.15) is 0 Å². The van der Waals surface area contributed by atoms with Crippen molar-refractivity contribution in [3.63, 3.8) is 0 Å². The summed E-state index contributed by atoms with van der Waals surface area (Å²) in [7, 11) is 0. The van der Waals surface area contributed by atoms with E-state index in [2.05, 4.69) is 127 Å². The van der Waals surface area contributed by atoms with Crippen molar-refractivity contribution in [2.45, 2.75) is 0 Å². The van der Waals surface area contributed by atoms with Gasteiger partial charge in [-0.05, 0) is 46.2 Å². The number of para-hydroxylation sites is 1. The van der Waals surface area contributed by atoms with Gasteiger partial charge >= 0.3 is 0 Å². The molecule has 0 saturated carbocycles. The maximum atomic E-state index is 6.59. The van der Waals surface area contributed by atoms with E-state index < -0.39 is 0 Å². The van der Waals surface area contributed by atoms with Crippen LogP contribution in [0.25, 0.3) is 99.9 Å². The Bertz CT molecular complexity index is 2830. The lowest BCUT2D eigenvalue weighted by atomic mass is 9.96. The molecule has 238 valence electrons. The molecule has 3 heterocycles. The van der Waals surface area contributed by atoms with Crippen LogP contribution in [0.4, 0.5) is 0 Å². The van der Waals surface area contributed by atoms with Gasteiger partial charge < -0.3 is 4.42 Å². The molecule has 7 aromatic carbocycles. The fourth-order valence-corrected chi connectivity index (χ4v) is 7.18. The number of nitrogens with zero attached hydrogens (tertiary/aromatic N) is 3. The van der Waals surface area contributed by atoms with Gasteiger partial charge in [0.2, 0.25) is 0 Å². The molecule has 4 nitrogen and oxygen atoms in total. The summed E-state index contributed by atoms with van der Waals surface area (Å²) in [6, 6.07) is 60.8. The van der Waals surface area contributed by atoms with Crippen LogP contribution in [0.3, 0.4) is 0 Å². The van der Waals surface area contributed by atoms with Crippen molar-refractivity contribution in [3.8, 4) is 56.3 Å². The zero-order chi connectivity index (χ0) is 33.7. The smallest absolute Gasteiger partial charge is 0.160 e. The second-order valence-electron chi connectivity index (χ2n) is 12.8. The molecule has 0 atom stereocenters. The Balaban J connectivity index is 1.14. The number of aromatic nitrogens is 3. The normalized spacial score (nSPS) is 11.5. The second kappa shape index (κ2) is 11.9. The van der Waals surface area contributed by atoms with Crippen LogP contribution in [-0.4, -0.2) is 15.0 Å². The number of rotatable bonds is 5. The van der Waals surface area contributed by atoms with E-state index in [-0.39, 0.29) is 0 Å². The van der Waals surface area contributed by atoms with Crippen LogP contribution in [0.1, 0.15) is 0 Å².